The van der Waals surface area contributed by atoms with Gasteiger partial charge in [0.2, 0.25) is 0 Å². The average molecular weight is 444 g/mol. The second-order valence-electron chi connectivity index (χ2n) is 7.93. The zero-order valence-corrected chi connectivity index (χ0v) is 18.6. The Hall–Kier alpha value is -4.07. The Morgan fingerprint density at radius 3 is 2.39 bits per heavy atom. The molecule has 0 bridgehead atoms. The first-order chi connectivity index (χ1) is 16.2. The van der Waals surface area contributed by atoms with Gasteiger partial charge < -0.3 is 24.3 Å². The van der Waals surface area contributed by atoms with Crippen molar-refractivity contribution < 1.29 is 14.3 Å². The number of benzene rings is 2. The van der Waals surface area contributed by atoms with Crippen LogP contribution >= 0.6 is 0 Å². The highest BCUT2D eigenvalue weighted by Gasteiger charge is 2.31. The summed E-state index contributed by atoms with van der Waals surface area (Å²) in [4.78, 5) is 24.2. The number of amides is 2. The molecule has 5 rings (SSSR count). The largest absolute Gasteiger partial charge is 0.497 e. The molecule has 2 aromatic heterocycles. The maximum Gasteiger partial charge on any atom is 0.321 e. The number of hydrogen-bond acceptors (Lipinski definition) is 5. The highest BCUT2D eigenvalue weighted by atomic mass is 16.5. The zero-order valence-electron chi connectivity index (χ0n) is 18.6. The van der Waals surface area contributed by atoms with Crippen LogP contribution in [-0.2, 0) is 0 Å². The summed E-state index contributed by atoms with van der Waals surface area (Å²) in [7, 11) is 3.27. The Morgan fingerprint density at radius 2 is 1.70 bits per heavy atom. The van der Waals surface area contributed by atoms with E-state index in [1.54, 1.807) is 20.4 Å². The van der Waals surface area contributed by atoms with Crippen LogP contribution in [-0.4, -0.2) is 52.8 Å². The number of pyridine rings is 1. The van der Waals surface area contributed by atoms with E-state index in [1.807, 2.05) is 65.6 Å². The van der Waals surface area contributed by atoms with Crippen molar-refractivity contribution in [1.82, 2.24) is 19.4 Å². The second kappa shape index (κ2) is 8.82. The molecule has 8 nitrogen and oxygen atoms in total. The molecule has 168 valence electrons. The van der Waals surface area contributed by atoms with E-state index < -0.39 is 0 Å². The lowest BCUT2D eigenvalue weighted by Crippen LogP contribution is -2.33. The number of hydrogen-bond donors (Lipinski definition) is 1. The molecule has 1 fully saturated rings. The second-order valence-corrected chi connectivity index (χ2v) is 7.93. The van der Waals surface area contributed by atoms with Crippen LogP contribution in [0.1, 0.15) is 12.5 Å². The van der Waals surface area contributed by atoms with E-state index in [2.05, 4.69) is 14.9 Å². The van der Waals surface area contributed by atoms with Gasteiger partial charge in [-0.3, -0.25) is 0 Å². The van der Waals surface area contributed by atoms with Crippen LogP contribution in [0.25, 0.3) is 22.6 Å². The summed E-state index contributed by atoms with van der Waals surface area (Å²) in [5, 5.41) is 2.97. The van der Waals surface area contributed by atoms with Gasteiger partial charge in [-0.1, -0.05) is 0 Å². The number of methoxy groups -OCH3 is 2. The molecule has 2 amide bonds. The minimum atomic E-state index is -0.119. The third-order valence-electron chi connectivity index (χ3n) is 5.95. The number of nitrogens with one attached hydrogen (secondary N) is 1. The van der Waals surface area contributed by atoms with Crippen molar-refractivity contribution in [2.24, 2.45) is 0 Å². The molecule has 1 atom stereocenters. The minimum Gasteiger partial charge on any atom is -0.497 e. The van der Waals surface area contributed by atoms with E-state index >= 15 is 0 Å². The highest BCUT2D eigenvalue weighted by Crippen LogP contribution is 2.33. The van der Waals surface area contributed by atoms with Crippen molar-refractivity contribution in [3.05, 3.63) is 66.9 Å². The molecule has 0 saturated carbocycles. The standard InChI is InChI=1S/C25H25N5O3/c1-32-20-9-5-17(6-10-20)23-28-22-4-3-14-26-24(22)30(23)19-13-15-29(16-19)25(31)27-18-7-11-21(33-2)12-8-18/h3-12,14,19H,13,15-16H2,1-2H3,(H,27,31). The number of anilines is 1. The number of aromatic nitrogens is 3. The maximum absolute atomic E-state index is 12.9. The first-order valence-electron chi connectivity index (χ1n) is 10.8. The number of ether oxygens (including phenoxy) is 2. The molecule has 1 aliphatic heterocycles. The molecular weight excluding hydrogens is 418 g/mol. The van der Waals surface area contributed by atoms with Crippen molar-refractivity contribution in [2.45, 2.75) is 12.5 Å². The quantitative estimate of drug-likeness (QED) is 0.488. The minimum absolute atomic E-state index is 0.0728. The lowest BCUT2D eigenvalue weighted by atomic mass is 10.2. The summed E-state index contributed by atoms with van der Waals surface area (Å²) in [6.45, 7) is 1.23. The van der Waals surface area contributed by atoms with E-state index in [9.17, 15) is 4.79 Å². The van der Waals surface area contributed by atoms with Gasteiger partial charge >= 0.3 is 6.03 Å². The number of imidazole rings is 1. The van der Waals surface area contributed by atoms with Crippen LogP contribution in [0.2, 0.25) is 0 Å². The van der Waals surface area contributed by atoms with Crippen LogP contribution in [0, 0.1) is 0 Å². The summed E-state index contributed by atoms with van der Waals surface area (Å²) < 4.78 is 12.6. The van der Waals surface area contributed by atoms with Gasteiger partial charge in [-0.15, -0.1) is 0 Å². The number of nitrogens with zero attached hydrogens (tertiary/aromatic N) is 4. The fraction of sp³-hybridized carbons (Fsp3) is 0.240. The van der Waals surface area contributed by atoms with Gasteiger partial charge in [-0.2, -0.15) is 0 Å². The van der Waals surface area contributed by atoms with Crippen molar-refractivity contribution >= 4 is 22.9 Å². The zero-order chi connectivity index (χ0) is 22.8. The van der Waals surface area contributed by atoms with Crippen LogP contribution < -0.4 is 14.8 Å². The van der Waals surface area contributed by atoms with Gasteiger partial charge in [0, 0.05) is 30.5 Å². The van der Waals surface area contributed by atoms with Crippen LogP contribution in [0.3, 0.4) is 0 Å². The van der Waals surface area contributed by atoms with Crippen LogP contribution in [0.4, 0.5) is 10.5 Å². The van der Waals surface area contributed by atoms with E-state index in [4.69, 9.17) is 14.5 Å². The summed E-state index contributed by atoms with van der Waals surface area (Å²) in [6, 6.07) is 19.0. The molecule has 0 spiro atoms. The fourth-order valence-corrected chi connectivity index (χ4v) is 4.23. The van der Waals surface area contributed by atoms with Gasteiger partial charge in [0.05, 0.1) is 20.3 Å². The lowest BCUT2D eigenvalue weighted by molar-refractivity contribution is 0.221. The molecule has 33 heavy (non-hydrogen) atoms. The average Bonchev–Trinajstić information content (AvgIpc) is 3.49. The topological polar surface area (TPSA) is 81.5 Å². The van der Waals surface area contributed by atoms with Crippen molar-refractivity contribution in [2.75, 3.05) is 32.6 Å². The molecule has 1 saturated heterocycles. The Balaban J connectivity index is 1.40. The molecule has 0 radical (unpaired) electrons. The Bertz CT molecular complexity index is 1270. The molecule has 2 aromatic carbocycles. The lowest BCUT2D eigenvalue weighted by Gasteiger charge is -2.19. The number of carbonyl (C=O) groups excluding carboxylic acids is 1. The summed E-state index contributed by atoms with van der Waals surface area (Å²) in [5.74, 6) is 2.38. The van der Waals surface area contributed by atoms with Gasteiger partial charge in [0.1, 0.15) is 22.8 Å². The van der Waals surface area contributed by atoms with E-state index in [0.717, 1.165) is 46.2 Å². The highest BCUT2D eigenvalue weighted by molar-refractivity contribution is 5.89. The molecule has 8 heteroatoms. The third-order valence-corrected chi connectivity index (χ3v) is 5.95. The SMILES string of the molecule is COc1ccc(NC(=O)N2CCC(n3c(-c4ccc(OC)cc4)nc4cccnc43)C2)cc1. The van der Waals surface area contributed by atoms with Gasteiger partial charge in [-0.25, -0.2) is 14.8 Å². The fourth-order valence-electron chi connectivity index (χ4n) is 4.23. The summed E-state index contributed by atoms with van der Waals surface area (Å²) >= 11 is 0. The van der Waals surface area contributed by atoms with Gasteiger partial charge in [0.25, 0.3) is 0 Å². The summed E-state index contributed by atoms with van der Waals surface area (Å²) in [5.41, 5.74) is 3.38. The van der Waals surface area contributed by atoms with Crippen molar-refractivity contribution in [1.29, 1.82) is 0 Å². The predicted octanol–water partition coefficient (Wildman–Crippen LogP) is 4.59. The number of rotatable bonds is 5. The molecule has 4 aromatic rings. The van der Waals surface area contributed by atoms with E-state index in [-0.39, 0.29) is 12.1 Å². The smallest absolute Gasteiger partial charge is 0.321 e. The molecular formula is C25H25N5O3. The van der Waals surface area contributed by atoms with Crippen LogP contribution in [0.5, 0.6) is 11.5 Å². The van der Waals surface area contributed by atoms with Gasteiger partial charge in [0.15, 0.2) is 5.65 Å². The van der Waals surface area contributed by atoms with Gasteiger partial charge in [-0.05, 0) is 67.1 Å². The third kappa shape index (κ3) is 4.07. The monoisotopic (exact) mass is 443 g/mol. The number of carbonyl (C=O) groups is 1. The van der Waals surface area contributed by atoms with Crippen molar-refractivity contribution in [3.63, 3.8) is 0 Å². The molecule has 3 heterocycles. The van der Waals surface area contributed by atoms with Crippen LogP contribution in [0.15, 0.2) is 66.9 Å². The maximum atomic E-state index is 12.9. The first kappa shape index (κ1) is 20.8. The van der Waals surface area contributed by atoms with E-state index in [1.165, 1.54) is 0 Å². The normalized spacial score (nSPS) is 15.6. The number of fused-ring (bicyclic) bond motifs is 1. The Labute approximate surface area is 191 Å². The Kier molecular flexibility index (Phi) is 5.56. The number of likely N-dealkylation sites (tertiary alicyclic amines) is 1. The van der Waals surface area contributed by atoms with Crippen molar-refractivity contribution in [3.8, 4) is 22.9 Å². The first-order valence-corrected chi connectivity index (χ1v) is 10.8. The molecule has 1 N–H and O–H groups in total. The molecule has 1 unspecified atom stereocenters. The molecule has 1 aliphatic rings. The Morgan fingerprint density at radius 1 is 1.00 bits per heavy atom. The molecule has 0 aliphatic carbocycles. The summed E-state index contributed by atoms with van der Waals surface area (Å²) in [6.07, 6.45) is 2.60. The van der Waals surface area contributed by atoms with E-state index in [0.29, 0.717) is 13.1 Å². The predicted molar refractivity (Wildman–Crippen MR) is 127 cm³/mol. The number of urea groups is 1.